The van der Waals surface area contributed by atoms with E-state index >= 15 is 0 Å². The number of fused-ring (bicyclic) bond motifs is 3. The number of nitrogens with zero attached hydrogens (tertiary/aromatic N) is 1. The first kappa shape index (κ1) is 13.3. The molecule has 0 spiro atoms. The summed E-state index contributed by atoms with van der Waals surface area (Å²) in [6.07, 6.45) is 2.21. The predicted octanol–water partition coefficient (Wildman–Crippen LogP) is 2.19. The third-order valence-corrected chi connectivity index (χ3v) is 4.94. The molecule has 1 saturated heterocycles. The van der Waals surface area contributed by atoms with Crippen LogP contribution < -0.4 is 10.6 Å². The van der Waals surface area contributed by atoms with Gasteiger partial charge in [-0.2, -0.15) is 5.26 Å². The molecule has 3 atom stereocenters. The fraction of sp³-hybridized carbons (Fsp3) is 0.333. The van der Waals surface area contributed by atoms with Gasteiger partial charge in [0.25, 0.3) is 5.91 Å². The SMILES string of the molecule is N#Cc1cccc2cc(C(=O)NC3CC4CC3CN4)ccc12. The van der Waals surface area contributed by atoms with E-state index in [2.05, 4.69) is 16.7 Å². The van der Waals surface area contributed by atoms with Crippen molar-refractivity contribution in [2.75, 3.05) is 6.54 Å². The summed E-state index contributed by atoms with van der Waals surface area (Å²) in [7, 11) is 0. The van der Waals surface area contributed by atoms with Crippen molar-refractivity contribution < 1.29 is 4.79 Å². The molecule has 2 N–H and O–H groups in total. The number of nitriles is 1. The number of hydrogen-bond acceptors (Lipinski definition) is 3. The van der Waals surface area contributed by atoms with Gasteiger partial charge in [0.2, 0.25) is 0 Å². The van der Waals surface area contributed by atoms with Crippen LogP contribution in [0, 0.1) is 17.2 Å². The molecule has 1 heterocycles. The van der Waals surface area contributed by atoms with Crippen LogP contribution in [0.4, 0.5) is 0 Å². The van der Waals surface area contributed by atoms with Crippen LogP contribution in [0.25, 0.3) is 10.8 Å². The number of rotatable bonds is 2. The summed E-state index contributed by atoms with van der Waals surface area (Å²) in [5, 5.41) is 17.6. The maximum atomic E-state index is 12.5. The molecule has 4 heteroatoms. The molecular formula is C18H17N3O. The Balaban J connectivity index is 1.58. The van der Waals surface area contributed by atoms with E-state index in [1.54, 1.807) is 6.07 Å². The van der Waals surface area contributed by atoms with Gasteiger partial charge in [-0.25, -0.2) is 0 Å². The second kappa shape index (κ2) is 5.11. The van der Waals surface area contributed by atoms with E-state index in [1.807, 2.05) is 30.3 Å². The Kier molecular flexibility index (Phi) is 3.09. The van der Waals surface area contributed by atoms with Gasteiger partial charge in [-0.3, -0.25) is 4.79 Å². The van der Waals surface area contributed by atoms with Gasteiger partial charge in [-0.1, -0.05) is 18.2 Å². The first-order valence-corrected chi connectivity index (χ1v) is 7.72. The Morgan fingerprint density at radius 1 is 1.27 bits per heavy atom. The molecule has 2 aliphatic rings. The van der Waals surface area contributed by atoms with Crippen molar-refractivity contribution in [1.82, 2.24) is 10.6 Å². The standard InChI is InChI=1S/C18H17N3O/c19-9-13-3-1-2-11-6-12(4-5-16(11)13)18(22)21-17-8-15-7-14(17)10-20-15/h1-6,14-15,17,20H,7-8,10H2,(H,21,22). The van der Waals surface area contributed by atoms with Crippen LogP contribution in [-0.4, -0.2) is 24.5 Å². The third-order valence-electron chi connectivity index (χ3n) is 4.94. The highest BCUT2D eigenvalue weighted by atomic mass is 16.1. The van der Waals surface area contributed by atoms with Crippen LogP contribution in [0.15, 0.2) is 36.4 Å². The van der Waals surface area contributed by atoms with E-state index in [-0.39, 0.29) is 5.91 Å². The zero-order valence-corrected chi connectivity index (χ0v) is 12.2. The minimum Gasteiger partial charge on any atom is -0.349 e. The molecule has 1 aliphatic carbocycles. The first-order valence-electron chi connectivity index (χ1n) is 7.72. The fourth-order valence-corrected chi connectivity index (χ4v) is 3.79. The number of carbonyl (C=O) groups is 1. The van der Waals surface area contributed by atoms with Gasteiger partial charge in [-0.05, 0) is 47.7 Å². The Morgan fingerprint density at radius 2 is 2.18 bits per heavy atom. The van der Waals surface area contributed by atoms with Crippen molar-refractivity contribution in [3.63, 3.8) is 0 Å². The first-order chi connectivity index (χ1) is 10.7. The van der Waals surface area contributed by atoms with E-state index in [1.165, 1.54) is 6.42 Å². The molecule has 1 saturated carbocycles. The lowest BCUT2D eigenvalue weighted by Crippen LogP contribution is -2.44. The molecule has 1 aliphatic heterocycles. The van der Waals surface area contributed by atoms with Crippen molar-refractivity contribution in [1.29, 1.82) is 5.26 Å². The molecule has 3 unspecified atom stereocenters. The van der Waals surface area contributed by atoms with Crippen LogP contribution in [0.2, 0.25) is 0 Å². The molecule has 4 nitrogen and oxygen atoms in total. The highest BCUT2D eigenvalue weighted by Gasteiger charge is 2.40. The summed E-state index contributed by atoms with van der Waals surface area (Å²) in [5.41, 5.74) is 1.31. The number of piperidine rings is 1. The molecule has 2 bridgehead atoms. The van der Waals surface area contributed by atoms with Crippen molar-refractivity contribution in [2.24, 2.45) is 5.92 Å². The molecule has 0 aromatic heterocycles. The van der Waals surface area contributed by atoms with Gasteiger partial charge in [0.05, 0.1) is 11.6 Å². The van der Waals surface area contributed by atoms with Gasteiger partial charge < -0.3 is 10.6 Å². The quantitative estimate of drug-likeness (QED) is 0.891. The third kappa shape index (κ3) is 2.15. The van der Waals surface area contributed by atoms with Gasteiger partial charge in [0, 0.05) is 24.2 Å². The summed E-state index contributed by atoms with van der Waals surface area (Å²) < 4.78 is 0. The van der Waals surface area contributed by atoms with E-state index in [0.717, 1.165) is 23.7 Å². The van der Waals surface area contributed by atoms with Crippen LogP contribution in [0.3, 0.4) is 0 Å². The topological polar surface area (TPSA) is 64.9 Å². The number of benzene rings is 2. The second-order valence-electron chi connectivity index (χ2n) is 6.27. The average Bonchev–Trinajstić information content (AvgIpc) is 3.16. The maximum Gasteiger partial charge on any atom is 0.251 e. The van der Waals surface area contributed by atoms with Crippen molar-refractivity contribution >= 4 is 16.7 Å². The second-order valence-corrected chi connectivity index (χ2v) is 6.27. The number of carbonyl (C=O) groups excluding carboxylic acids is 1. The maximum absolute atomic E-state index is 12.5. The Labute approximate surface area is 129 Å². The van der Waals surface area contributed by atoms with Crippen LogP contribution in [0.5, 0.6) is 0 Å². The Morgan fingerprint density at radius 3 is 2.91 bits per heavy atom. The number of amides is 1. The minimum atomic E-state index is -0.0122. The molecule has 2 aromatic rings. The normalized spacial score (nSPS) is 26.0. The summed E-state index contributed by atoms with van der Waals surface area (Å²) in [6, 6.07) is 14.2. The van der Waals surface area contributed by atoms with Gasteiger partial charge >= 0.3 is 0 Å². The van der Waals surface area contributed by atoms with Gasteiger partial charge in [0.1, 0.15) is 0 Å². The van der Waals surface area contributed by atoms with E-state index in [0.29, 0.717) is 29.1 Å². The summed E-state index contributed by atoms with van der Waals surface area (Å²) in [4.78, 5) is 12.5. The van der Waals surface area contributed by atoms with Crippen molar-refractivity contribution in [3.05, 3.63) is 47.5 Å². The summed E-state index contributed by atoms with van der Waals surface area (Å²) in [5.74, 6) is 0.557. The molecule has 4 rings (SSSR count). The number of hydrogen-bond donors (Lipinski definition) is 2. The lowest BCUT2D eigenvalue weighted by atomic mass is 10.0. The largest absolute Gasteiger partial charge is 0.349 e. The molecule has 110 valence electrons. The molecule has 0 radical (unpaired) electrons. The summed E-state index contributed by atoms with van der Waals surface area (Å²) >= 11 is 0. The zero-order valence-electron chi connectivity index (χ0n) is 12.2. The molecule has 1 amide bonds. The zero-order chi connectivity index (χ0) is 15.1. The smallest absolute Gasteiger partial charge is 0.251 e. The van der Waals surface area contributed by atoms with Crippen molar-refractivity contribution in [2.45, 2.75) is 24.9 Å². The van der Waals surface area contributed by atoms with E-state index in [4.69, 9.17) is 5.26 Å². The van der Waals surface area contributed by atoms with Gasteiger partial charge in [-0.15, -0.1) is 0 Å². The van der Waals surface area contributed by atoms with E-state index in [9.17, 15) is 4.79 Å². The monoisotopic (exact) mass is 291 g/mol. The van der Waals surface area contributed by atoms with E-state index < -0.39 is 0 Å². The lowest BCUT2D eigenvalue weighted by molar-refractivity contribution is 0.0925. The Bertz CT molecular complexity index is 793. The van der Waals surface area contributed by atoms with Gasteiger partial charge in [0.15, 0.2) is 0 Å². The molecule has 2 aromatic carbocycles. The molecule has 2 fully saturated rings. The predicted molar refractivity (Wildman–Crippen MR) is 84.4 cm³/mol. The lowest BCUT2D eigenvalue weighted by Gasteiger charge is -2.23. The van der Waals surface area contributed by atoms with Crippen LogP contribution in [0.1, 0.15) is 28.8 Å². The highest BCUT2D eigenvalue weighted by Crippen LogP contribution is 2.31. The average molecular weight is 291 g/mol. The van der Waals surface area contributed by atoms with Crippen LogP contribution >= 0.6 is 0 Å². The minimum absolute atomic E-state index is 0.0122. The fourth-order valence-electron chi connectivity index (χ4n) is 3.79. The van der Waals surface area contributed by atoms with Crippen LogP contribution in [-0.2, 0) is 0 Å². The summed E-state index contributed by atoms with van der Waals surface area (Å²) in [6.45, 7) is 1.01. The van der Waals surface area contributed by atoms with Crippen molar-refractivity contribution in [3.8, 4) is 6.07 Å². The molecule has 22 heavy (non-hydrogen) atoms. The number of nitrogens with one attached hydrogen (secondary N) is 2. The molecular weight excluding hydrogens is 274 g/mol. The Hall–Kier alpha value is -2.38. The highest BCUT2D eigenvalue weighted by molar-refractivity contribution is 5.99.